The lowest BCUT2D eigenvalue weighted by Gasteiger charge is -2.22. The molecule has 0 saturated carbocycles. The van der Waals surface area contributed by atoms with Crippen LogP contribution >= 0.6 is 0 Å². The summed E-state index contributed by atoms with van der Waals surface area (Å²) in [6, 6.07) is 19.2. The molecule has 6 nitrogen and oxygen atoms in total. The van der Waals surface area contributed by atoms with Crippen LogP contribution in [0.25, 0.3) is 10.8 Å². The summed E-state index contributed by atoms with van der Waals surface area (Å²) in [4.78, 5) is 29.5. The lowest BCUT2D eigenvalue weighted by molar-refractivity contribution is 0.0952. The summed E-state index contributed by atoms with van der Waals surface area (Å²) in [5.74, 6) is -0.199. The lowest BCUT2D eigenvalue weighted by Crippen LogP contribution is -2.32. The molecule has 31 heavy (non-hydrogen) atoms. The minimum Gasteiger partial charge on any atom is -0.306 e. The van der Waals surface area contributed by atoms with Crippen molar-refractivity contribution < 1.29 is 9.59 Å². The van der Waals surface area contributed by atoms with E-state index in [0.29, 0.717) is 12.1 Å². The minimum atomic E-state index is -0.215. The Hall–Kier alpha value is -3.51. The molecular weight excluding hydrogens is 388 g/mol. The monoisotopic (exact) mass is 412 g/mol. The van der Waals surface area contributed by atoms with Gasteiger partial charge in [0.1, 0.15) is 0 Å². The van der Waals surface area contributed by atoms with E-state index < -0.39 is 0 Å². The topological polar surface area (TPSA) is 65.0 Å². The van der Waals surface area contributed by atoms with Gasteiger partial charge in [-0.25, -0.2) is 5.43 Å². The van der Waals surface area contributed by atoms with Crippen LogP contribution in [0.2, 0.25) is 0 Å². The van der Waals surface area contributed by atoms with Gasteiger partial charge in [-0.1, -0.05) is 36.4 Å². The van der Waals surface area contributed by atoms with E-state index in [1.165, 1.54) is 0 Å². The number of benzene rings is 3. The molecule has 2 amide bonds. The van der Waals surface area contributed by atoms with Crippen molar-refractivity contribution >= 4 is 34.0 Å². The highest BCUT2D eigenvalue weighted by molar-refractivity contribution is 6.24. The maximum atomic E-state index is 13.0. The van der Waals surface area contributed by atoms with Gasteiger partial charge in [0.2, 0.25) is 0 Å². The van der Waals surface area contributed by atoms with Gasteiger partial charge in [-0.15, -0.1) is 0 Å². The maximum Gasteiger partial charge on any atom is 0.271 e. The van der Waals surface area contributed by atoms with Crippen molar-refractivity contribution in [2.45, 2.75) is 19.4 Å². The first-order valence-corrected chi connectivity index (χ1v) is 10.6. The number of carbonyl (C=O) groups excluding carboxylic acids is 2. The summed E-state index contributed by atoms with van der Waals surface area (Å²) < 4.78 is 0. The van der Waals surface area contributed by atoms with E-state index in [1.54, 1.807) is 17.0 Å². The molecule has 1 saturated heterocycles. The molecule has 1 N–H and O–H groups in total. The van der Waals surface area contributed by atoms with Crippen molar-refractivity contribution in [3.8, 4) is 0 Å². The molecule has 0 atom stereocenters. The molecule has 3 aromatic carbocycles. The minimum absolute atomic E-state index is 0.0163. The quantitative estimate of drug-likeness (QED) is 0.663. The summed E-state index contributed by atoms with van der Waals surface area (Å²) in [5.41, 5.74) is 6.92. The number of hydrogen-bond acceptors (Lipinski definition) is 4. The number of anilines is 1. The molecule has 0 aliphatic carbocycles. The fraction of sp³-hybridized carbons (Fsp3) is 0.240. The van der Waals surface area contributed by atoms with Crippen LogP contribution < -0.4 is 10.3 Å². The Balaban J connectivity index is 1.28. The Morgan fingerprint density at radius 1 is 1.00 bits per heavy atom. The standard InChI is InChI=1S/C25H24N4O2/c1-28-14-12-20(13-15-28)26-27-24(30)19-10-8-17(9-11-19)16-29-22-7-3-5-18-4-2-6-21(23(18)22)25(29)31/h2-11H,12-16H2,1H3,(H,27,30). The Morgan fingerprint density at radius 2 is 1.71 bits per heavy atom. The van der Waals surface area contributed by atoms with Crippen LogP contribution in [0.3, 0.4) is 0 Å². The molecule has 2 aliphatic heterocycles. The smallest absolute Gasteiger partial charge is 0.271 e. The van der Waals surface area contributed by atoms with Crippen LogP contribution in [-0.2, 0) is 6.54 Å². The largest absolute Gasteiger partial charge is 0.306 e. The average molecular weight is 412 g/mol. The highest BCUT2D eigenvalue weighted by Crippen LogP contribution is 2.37. The number of hydrazone groups is 1. The highest BCUT2D eigenvalue weighted by atomic mass is 16.2. The van der Waals surface area contributed by atoms with E-state index in [-0.39, 0.29) is 11.8 Å². The summed E-state index contributed by atoms with van der Waals surface area (Å²) in [7, 11) is 2.09. The van der Waals surface area contributed by atoms with E-state index in [0.717, 1.165) is 59.2 Å². The van der Waals surface area contributed by atoms with Crippen molar-refractivity contribution in [2.24, 2.45) is 5.10 Å². The first-order chi connectivity index (χ1) is 15.1. The van der Waals surface area contributed by atoms with E-state index in [4.69, 9.17) is 0 Å². The second-order valence-corrected chi connectivity index (χ2v) is 8.19. The molecule has 156 valence electrons. The van der Waals surface area contributed by atoms with Crippen molar-refractivity contribution in [3.05, 3.63) is 77.4 Å². The van der Waals surface area contributed by atoms with Gasteiger partial charge in [0, 0.05) is 48.2 Å². The van der Waals surface area contributed by atoms with Crippen molar-refractivity contribution in [1.29, 1.82) is 0 Å². The van der Waals surface area contributed by atoms with Crippen LogP contribution in [0.15, 0.2) is 65.8 Å². The third-order valence-corrected chi connectivity index (χ3v) is 6.09. The predicted molar refractivity (Wildman–Crippen MR) is 123 cm³/mol. The molecule has 0 bridgehead atoms. The molecule has 1 fully saturated rings. The molecule has 5 rings (SSSR count). The third kappa shape index (κ3) is 3.70. The van der Waals surface area contributed by atoms with Gasteiger partial charge >= 0.3 is 0 Å². The molecular formula is C25H24N4O2. The number of hydrogen-bond donors (Lipinski definition) is 1. The molecule has 0 spiro atoms. The second kappa shape index (κ2) is 7.96. The van der Waals surface area contributed by atoms with Gasteiger partial charge in [0.15, 0.2) is 0 Å². The Morgan fingerprint density at radius 3 is 2.45 bits per heavy atom. The summed E-state index contributed by atoms with van der Waals surface area (Å²) in [6.07, 6.45) is 1.77. The normalized spacial score (nSPS) is 16.1. The Labute approximate surface area is 181 Å². The first kappa shape index (κ1) is 19.5. The zero-order valence-electron chi connectivity index (χ0n) is 17.5. The predicted octanol–water partition coefficient (Wildman–Crippen LogP) is 3.81. The van der Waals surface area contributed by atoms with E-state index >= 15 is 0 Å². The van der Waals surface area contributed by atoms with Crippen LogP contribution in [0.4, 0.5) is 5.69 Å². The van der Waals surface area contributed by atoms with Crippen molar-refractivity contribution in [3.63, 3.8) is 0 Å². The molecule has 3 aromatic rings. The first-order valence-electron chi connectivity index (χ1n) is 10.6. The third-order valence-electron chi connectivity index (χ3n) is 6.09. The number of likely N-dealkylation sites (tertiary alicyclic amines) is 1. The SMILES string of the molecule is CN1CCC(=NNC(=O)c2ccc(CN3C(=O)c4cccc5cccc3c45)cc2)CC1. The molecule has 0 unspecified atom stereocenters. The van der Waals surface area contributed by atoms with Gasteiger partial charge in [-0.3, -0.25) is 9.59 Å². The maximum absolute atomic E-state index is 13.0. The zero-order chi connectivity index (χ0) is 21.4. The number of nitrogens with one attached hydrogen (secondary N) is 1. The Bertz CT molecular complexity index is 1180. The molecule has 0 radical (unpaired) electrons. The molecule has 6 heteroatoms. The lowest BCUT2D eigenvalue weighted by atomic mass is 10.1. The second-order valence-electron chi connectivity index (χ2n) is 8.19. The number of piperidine rings is 1. The van der Waals surface area contributed by atoms with Crippen LogP contribution in [0.5, 0.6) is 0 Å². The summed E-state index contributed by atoms with van der Waals surface area (Å²) in [6.45, 7) is 2.40. The molecule has 0 aromatic heterocycles. The van der Waals surface area contributed by atoms with Gasteiger partial charge in [0.05, 0.1) is 12.2 Å². The van der Waals surface area contributed by atoms with Crippen LogP contribution in [0, 0.1) is 0 Å². The van der Waals surface area contributed by atoms with E-state index in [1.807, 2.05) is 48.5 Å². The number of carbonyl (C=O) groups is 2. The molecule has 2 heterocycles. The highest BCUT2D eigenvalue weighted by Gasteiger charge is 2.29. The van der Waals surface area contributed by atoms with Crippen LogP contribution in [0.1, 0.15) is 39.1 Å². The number of amides is 2. The summed E-state index contributed by atoms with van der Waals surface area (Å²) >= 11 is 0. The molecule has 2 aliphatic rings. The zero-order valence-corrected chi connectivity index (χ0v) is 17.5. The fourth-order valence-corrected chi connectivity index (χ4v) is 4.26. The van der Waals surface area contributed by atoms with E-state index in [2.05, 4.69) is 22.5 Å². The van der Waals surface area contributed by atoms with Crippen molar-refractivity contribution in [1.82, 2.24) is 10.3 Å². The van der Waals surface area contributed by atoms with Gasteiger partial charge in [-0.05, 0) is 42.3 Å². The fourth-order valence-electron chi connectivity index (χ4n) is 4.26. The number of nitrogens with zero attached hydrogens (tertiary/aromatic N) is 3. The number of rotatable bonds is 4. The average Bonchev–Trinajstić information content (AvgIpc) is 3.07. The van der Waals surface area contributed by atoms with E-state index in [9.17, 15) is 9.59 Å². The van der Waals surface area contributed by atoms with Crippen molar-refractivity contribution in [2.75, 3.05) is 25.0 Å². The van der Waals surface area contributed by atoms with Gasteiger partial charge < -0.3 is 9.80 Å². The van der Waals surface area contributed by atoms with Crippen LogP contribution in [-0.4, -0.2) is 42.6 Å². The Kier molecular flexibility index (Phi) is 5.00. The summed E-state index contributed by atoms with van der Waals surface area (Å²) in [5, 5.41) is 6.38. The van der Waals surface area contributed by atoms with Gasteiger partial charge in [-0.2, -0.15) is 5.10 Å². The van der Waals surface area contributed by atoms with Gasteiger partial charge in [0.25, 0.3) is 11.8 Å².